The Balaban J connectivity index is 1.54. The van der Waals surface area contributed by atoms with Crippen molar-refractivity contribution < 1.29 is 43.2 Å². The standard InChI is InChI=1S/C37H45N5O10/c1-24(2)30(22-29(43)8-4-3-7-21-41-33(45)19-20-34(41)46)35(47)40-31(9-5-6-10-32(38)44)36(48)39-27-15-11-25(12-16-27)23-52-37(49)26-13-17-28(18-14-26)42(50)51/h11-20,24,30-31H,3-10,21-23H2,1-2H3,(H2,38,44)(H,39,48)(H,40,47)/t30-,31-/m0/s1. The van der Waals surface area contributed by atoms with Crippen LogP contribution in [0.1, 0.15) is 87.6 Å². The highest BCUT2D eigenvalue weighted by atomic mass is 16.6. The average Bonchev–Trinajstić information content (AvgIpc) is 3.43. The molecule has 52 heavy (non-hydrogen) atoms. The van der Waals surface area contributed by atoms with Crippen molar-refractivity contribution in [2.24, 2.45) is 17.6 Å². The monoisotopic (exact) mass is 719 g/mol. The topological polar surface area (TPSA) is 225 Å². The molecule has 0 saturated carbocycles. The van der Waals surface area contributed by atoms with Gasteiger partial charge in [-0.1, -0.05) is 38.8 Å². The number of hydrogen-bond donors (Lipinski definition) is 3. The highest BCUT2D eigenvalue weighted by Crippen LogP contribution is 2.20. The highest BCUT2D eigenvalue weighted by molar-refractivity contribution is 6.12. The van der Waals surface area contributed by atoms with Crippen LogP contribution in [0.2, 0.25) is 0 Å². The summed E-state index contributed by atoms with van der Waals surface area (Å²) in [5, 5.41) is 16.4. The maximum atomic E-state index is 13.5. The molecule has 0 aromatic heterocycles. The van der Waals surface area contributed by atoms with Gasteiger partial charge in [-0.15, -0.1) is 0 Å². The molecule has 4 N–H and O–H groups in total. The number of carbonyl (C=O) groups is 7. The number of imide groups is 1. The largest absolute Gasteiger partial charge is 0.457 e. The van der Waals surface area contributed by atoms with Gasteiger partial charge in [0.25, 0.3) is 17.5 Å². The SMILES string of the molecule is CC(C)[C@H](CC(=O)CCCCCN1C(=O)C=CC1=O)C(=O)N[C@@H](CCCCC(N)=O)C(=O)Nc1ccc(COC(=O)c2ccc([N+](=O)[O-])cc2)cc1. The number of nitro benzene ring substituents is 1. The van der Waals surface area contributed by atoms with Gasteiger partial charge in [-0.25, -0.2) is 4.79 Å². The van der Waals surface area contributed by atoms with Crippen LogP contribution in [0.25, 0.3) is 0 Å². The number of rotatable bonds is 22. The number of Topliss-reactive ketones (excluding diaryl/α,β-unsaturated/α-hetero) is 1. The van der Waals surface area contributed by atoms with Crippen molar-refractivity contribution in [2.75, 3.05) is 11.9 Å². The van der Waals surface area contributed by atoms with Crippen molar-refractivity contribution in [3.05, 3.63) is 81.9 Å². The van der Waals surface area contributed by atoms with Gasteiger partial charge in [0.2, 0.25) is 17.7 Å². The van der Waals surface area contributed by atoms with Crippen LogP contribution in [0, 0.1) is 22.0 Å². The smallest absolute Gasteiger partial charge is 0.338 e. The predicted octanol–water partition coefficient (Wildman–Crippen LogP) is 4.14. The number of nitro groups is 1. The summed E-state index contributed by atoms with van der Waals surface area (Å²) in [5.41, 5.74) is 6.29. The minimum atomic E-state index is -0.968. The lowest BCUT2D eigenvalue weighted by molar-refractivity contribution is -0.384. The normalized spacial score (nSPS) is 13.5. The number of unbranched alkanes of at least 4 members (excludes halogenated alkanes) is 3. The number of hydrogen-bond acceptors (Lipinski definition) is 10. The zero-order valence-corrected chi connectivity index (χ0v) is 29.3. The molecular weight excluding hydrogens is 674 g/mol. The third-order valence-electron chi connectivity index (χ3n) is 8.53. The van der Waals surface area contributed by atoms with Gasteiger partial charge < -0.3 is 21.1 Å². The van der Waals surface area contributed by atoms with Crippen molar-refractivity contribution >= 4 is 52.7 Å². The number of nitrogens with zero attached hydrogens (tertiary/aromatic N) is 2. The lowest BCUT2D eigenvalue weighted by Gasteiger charge is -2.24. The fourth-order valence-electron chi connectivity index (χ4n) is 5.46. The van der Waals surface area contributed by atoms with E-state index in [4.69, 9.17) is 10.5 Å². The van der Waals surface area contributed by atoms with Crippen LogP contribution < -0.4 is 16.4 Å². The summed E-state index contributed by atoms with van der Waals surface area (Å²) >= 11 is 0. The van der Waals surface area contributed by atoms with Crippen molar-refractivity contribution in [1.29, 1.82) is 0 Å². The Labute approximate surface area is 301 Å². The molecule has 5 amide bonds. The second-order valence-electron chi connectivity index (χ2n) is 12.9. The Bertz CT molecular complexity index is 1640. The van der Waals surface area contributed by atoms with Gasteiger partial charge in [0.05, 0.1) is 10.5 Å². The van der Waals surface area contributed by atoms with Gasteiger partial charge in [-0.05, 0) is 61.4 Å². The van der Waals surface area contributed by atoms with Crippen LogP contribution in [-0.4, -0.2) is 63.7 Å². The molecule has 278 valence electrons. The van der Waals surface area contributed by atoms with Crippen LogP contribution in [-0.2, 0) is 40.1 Å². The Hall–Kier alpha value is -5.73. The molecule has 0 spiro atoms. The summed E-state index contributed by atoms with van der Waals surface area (Å²) in [6, 6.07) is 10.5. The molecular formula is C37H45N5O10. The number of nitrogens with two attached hydrogens (primary N) is 1. The molecule has 2 atom stereocenters. The van der Waals surface area contributed by atoms with Crippen LogP contribution in [0.5, 0.6) is 0 Å². The van der Waals surface area contributed by atoms with Gasteiger partial charge in [-0.2, -0.15) is 0 Å². The molecule has 2 aromatic rings. The maximum absolute atomic E-state index is 13.5. The van der Waals surface area contributed by atoms with E-state index >= 15 is 0 Å². The average molecular weight is 720 g/mol. The highest BCUT2D eigenvalue weighted by Gasteiger charge is 2.29. The molecule has 15 heteroatoms. The fourth-order valence-corrected chi connectivity index (χ4v) is 5.46. The molecule has 0 fully saturated rings. The van der Waals surface area contributed by atoms with Crippen molar-refractivity contribution in [3.63, 3.8) is 0 Å². The summed E-state index contributed by atoms with van der Waals surface area (Å²) in [5.74, 6) is -3.76. The first-order chi connectivity index (χ1) is 24.7. The lowest BCUT2D eigenvalue weighted by Crippen LogP contribution is -2.47. The second kappa shape index (κ2) is 20.2. The first-order valence-corrected chi connectivity index (χ1v) is 17.2. The third-order valence-corrected chi connectivity index (χ3v) is 8.53. The first kappa shape index (κ1) is 40.7. The van der Waals surface area contributed by atoms with Gasteiger partial charge in [0.1, 0.15) is 18.4 Å². The van der Waals surface area contributed by atoms with E-state index in [9.17, 15) is 43.7 Å². The third kappa shape index (κ3) is 13.2. The Morgan fingerprint density at radius 3 is 2.08 bits per heavy atom. The van der Waals surface area contributed by atoms with Crippen LogP contribution in [0.15, 0.2) is 60.7 Å². The molecule has 2 aromatic carbocycles. The molecule has 3 rings (SSSR count). The van der Waals surface area contributed by atoms with Crippen molar-refractivity contribution in [2.45, 2.75) is 84.3 Å². The number of ketones is 1. The summed E-state index contributed by atoms with van der Waals surface area (Å²) < 4.78 is 5.29. The van der Waals surface area contributed by atoms with E-state index in [0.717, 1.165) is 4.90 Å². The Morgan fingerprint density at radius 2 is 1.48 bits per heavy atom. The number of esters is 1. The van der Waals surface area contributed by atoms with E-state index < -0.39 is 40.6 Å². The molecule has 0 bridgehead atoms. The molecule has 0 unspecified atom stereocenters. The Kier molecular flexibility index (Phi) is 15.8. The molecule has 0 radical (unpaired) electrons. The lowest BCUT2D eigenvalue weighted by atomic mass is 9.88. The van der Waals surface area contributed by atoms with Crippen LogP contribution in [0.3, 0.4) is 0 Å². The van der Waals surface area contributed by atoms with E-state index in [1.807, 2.05) is 13.8 Å². The van der Waals surface area contributed by atoms with Gasteiger partial charge in [0, 0.05) is 61.7 Å². The van der Waals surface area contributed by atoms with E-state index in [1.54, 1.807) is 24.3 Å². The summed E-state index contributed by atoms with van der Waals surface area (Å²) in [7, 11) is 0. The quantitative estimate of drug-likeness (QED) is 0.0518. The zero-order chi connectivity index (χ0) is 38.2. The molecule has 0 aliphatic carbocycles. The van der Waals surface area contributed by atoms with E-state index in [0.29, 0.717) is 43.4 Å². The van der Waals surface area contributed by atoms with Gasteiger partial charge >= 0.3 is 5.97 Å². The van der Waals surface area contributed by atoms with E-state index in [2.05, 4.69) is 10.6 Å². The molecule has 0 saturated heterocycles. The minimum Gasteiger partial charge on any atom is -0.457 e. The number of non-ortho nitro benzene ring substituents is 1. The van der Waals surface area contributed by atoms with Gasteiger partial charge in [-0.3, -0.25) is 43.8 Å². The second-order valence-corrected chi connectivity index (χ2v) is 12.9. The predicted molar refractivity (Wildman–Crippen MR) is 189 cm³/mol. The van der Waals surface area contributed by atoms with Gasteiger partial charge in [0.15, 0.2) is 0 Å². The number of primary amides is 1. The number of anilines is 1. The molecule has 1 aliphatic heterocycles. The van der Waals surface area contributed by atoms with Crippen molar-refractivity contribution in [1.82, 2.24) is 10.2 Å². The summed E-state index contributed by atoms with van der Waals surface area (Å²) in [6.45, 7) is 3.84. The van der Waals surface area contributed by atoms with Crippen LogP contribution in [0.4, 0.5) is 11.4 Å². The van der Waals surface area contributed by atoms with E-state index in [-0.39, 0.29) is 73.6 Å². The minimum absolute atomic E-state index is 0.0112. The summed E-state index contributed by atoms with van der Waals surface area (Å²) in [6.07, 6.45) is 5.62. The van der Waals surface area contributed by atoms with Crippen LogP contribution >= 0.6 is 0 Å². The Morgan fingerprint density at radius 1 is 0.846 bits per heavy atom. The van der Waals surface area contributed by atoms with E-state index in [1.165, 1.54) is 36.4 Å². The first-order valence-electron chi connectivity index (χ1n) is 17.2. The molecule has 15 nitrogen and oxygen atoms in total. The number of ether oxygens (including phenoxy) is 1. The maximum Gasteiger partial charge on any atom is 0.338 e. The summed E-state index contributed by atoms with van der Waals surface area (Å²) in [4.78, 5) is 98.1. The number of nitrogens with one attached hydrogen (secondary N) is 2. The zero-order valence-electron chi connectivity index (χ0n) is 29.3. The van der Waals surface area contributed by atoms with Crippen molar-refractivity contribution in [3.8, 4) is 0 Å². The fraction of sp³-hybridized carbons (Fsp3) is 0.432. The molecule has 1 aliphatic rings. The molecule has 1 heterocycles. The number of benzene rings is 2. The number of amides is 5. The number of carbonyl (C=O) groups excluding carboxylic acids is 7.